The fourth-order valence-corrected chi connectivity index (χ4v) is 8.60. The maximum Gasteiger partial charge on any atom is 0.265 e. The second-order valence-electron chi connectivity index (χ2n) is 15.4. The summed E-state index contributed by atoms with van der Waals surface area (Å²) in [6, 6.07) is -0.736. The molecule has 3 N–H and O–H groups in total. The lowest BCUT2D eigenvalue weighted by molar-refractivity contribution is -0.159. The molecule has 3 fully saturated rings. The van der Waals surface area contributed by atoms with Crippen LogP contribution in [-0.2, 0) is 14.3 Å². The van der Waals surface area contributed by atoms with E-state index in [9.17, 15) is 24.6 Å². The molecule has 4 aliphatic rings. The number of aromatic nitrogens is 1. The largest absolute Gasteiger partial charge is 0.396 e. The van der Waals surface area contributed by atoms with E-state index in [0.29, 0.717) is 42.7 Å². The molecular formula is C34H52N4O6S. The molecule has 3 amide bonds. The van der Waals surface area contributed by atoms with Gasteiger partial charge < -0.3 is 30.1 Å². The van der Waals surface area contributed by atoms with Crippen molar-refractivity contribution in [3.63, 3.8) is 0 Å². The zero-order chi connectivity index (χ0) is 32.9. The molecule has 2 aliphatic heterocycles. The van der Waals surface area contributed by atoms with E-state index in [1.807, 2.05) is 39.5 Å². The molecule has 0 bridgehead atoms. The minimum Gasteiger partial charge on any atom is -0.396 e. The van der Waals surface area contributed by atoms with Gasteiger partial charge in [0, 0.05) is 42.4 Å². The standard InChI is InChI=1S/C34H52N4O6S/c1-21-26(45-23(3)35-21)29(41)37-15-25(34(16-37)17-38(18-34)30(42)31(4,5)24-11-12-24)28(40)36-27(32(6,7)43)22(2)44-20-33(19-39)13-9-8-10-14-33/h8-9,22,24-25,27,39,43H,10-20H2,1-7H3,(H,36,40)/t22-,25?,27?,33?/m1/s1. The summed E-state index contributed by atoms with van der Waals surface area (Å²) in [5.74, 6) is -0.449. The van der Waals surface area contributed by atoms with Crippen LogP contribution in [-0.4, -0.2) is 99.9 Å². The van der Waals surface area contributed by atoms with Gasteiger partial charge in [-0.3, -0.25) is 14.4 Å². The van der Waals surface area contributed by atoms with Crippen molar-refractivity contribution >= 4 is 29.1 Å². The second kappa shape index (κ2) is 12.4. The van der Waals surface area contributed by atoms with Crippen LogP contribution in [0.3, 0.4) is 0 Å². The van der Waals surface area contributed by atoms with Gasteiger partial charge in [-0.05, 0) is 72.6 Å². The number of amides is 3. The highest BCUT2D eigenvalue weighted by Crippen LogP contribution is 2.50. The summed E-state index contributed by atoms with van der Waals surface area (Å²) in [6.07, 6.45) is 8.18. The molecule has 45 heavy (non-hydrogen) atoms. The quantitative estimate of drug-likeness (QED) is 0.315. The van der Waals surface area contributed by atoms with Gasteiger partial charge in [-0.25, -0.2) is 4.98 Å². The molecule has 4 atom stereocenters. The van der Waals surface area contributed by atoms with Crippen molar-refractivity contribution in [2.45, 2.75) is 98.3 Å². The van der Waals surface area contributed by atoms with E-state index >= 15 is 0 Å². The number of aliphatic hydroxyl groups excluding tert-OH is 1. The van der Waals surface area contributed by atoms with Crippen molar-refractivity contribution in [3.05, 3.63) is 27.7 Å². The van der Waals surface area contributed by atoms with Gasteiger partial charge in [-0.1, -0.05) is 26.0 Å². The first-order valence-electron chi connectivity index (χ1n) is 16.4. The van der Waals surface area contributed by atoms with Crippen LogP contribution in [0.2, 0.25) is 0 Å². The third-order valence-corrected chi connectivity index (χ3v) is 11.9. The number of nitrogens with one attached hydrogen (secondary N) is 1. The Morgan fingerprint density at radius 1 is 1.13 bits per heavy atom. The number of rotatable bonds is 11. The Bertz CT molecular complexity index is 1320. The van der Waals surface area contributed by atoms with Crippen LogP contribution in [0.1, 0.15) is 87.1 Å². The fraction of sp³-hybridized carbons (Fsp3) is 0.765. The SMILES string of the molecule is Cc1nc(C)c(C(=O)N2CC(C(=O)NC([C@@H](C)OCC3(CO)CC=CCC3)C(C)(C)O)C3(C2)CN(C(=O)C(C)(C)C2CC2)C3)s1. The molecular weight excluding hydrogens is 592 g/mol. The summed E-state index contributed by atoms with van der Waals surface area (Å²) >= 11 is 1.36. The average molecular weight is 645 g/mol. The molecule has 1 saturated carbocycles. The molecule has 0 aromatic carbocycles. The van der Waals surface area contributed by atoms with Gasteiger partial charge in [0.05, 0.1) is 47.6 Å². The van der Waals surface area contributed by atoms with Crippen molar-refractivity contribution in [3.8, 4) is 0 Å². The number of hydrogen-bond acceptors (Lipinski definition) is 8. The number of aryl methyl sites for hydroxylation is 2. The summed E-state index contributed by atoms with van der Waals surface area (Å²) in [5, 5.41) is 25.3. The zero-order valence-electron chi connectivity index (χ0n) is 28.0. The molecule has 1 aromatic heterocycles. The Balaban J connectivity index is 1.34. The Morgan fingerprint density at radius 2 is 1.80 bits per heavy atom. The molecule has 0 radical (unpaired) electrons. The summed E-state index contributed by atoms with van der Waals surface area (Å²) in [5.41, 5.74) is -2.02. The lowest BCUT2D eigenvalue weighted by Gasteiger charge is -2.52. The van der Waals surface area contributed by atoms with Crippen LogP contribution in [0.5, 0.6) is 0 Å². The lowest BCUT2D eigenvalue weighted by atomic mass is 9.69. The van der Waals surface area contributed by atoms with E-state index in [0.717, 1.165) is 37.1 Å². The van der Waals surface area contributed by atoms with Crippen LogP contribution >= 0.6 is 11.3 Å². The Morgan fingerprint density at radius 3 is 2.33 bits per heavy atom. The van der Waals surface area contributed by atoms with Crippen LogP contribution < -0.4 is 5.32 Å². The second-order valence-corrected chi connectivity index (χ2v) is 16.6. The first-order chi connectivity index (χ1) is 21.0. The van der Waals surface area contributed by atoms with E-state index in [-0.39, 0.29) is 36.3 Å². The fourth-order valence-electron chi connectivity index (χ4n) is 7.71. The van der Waals surface area contributed by atoms with Gasteiger partial charge in [0.25, 0.3) is 5.91 Å². The van der Waals surface area contributed by atoms with E-state index in [1.54, 1.807) is 18.7 Å². The highest BCUT2D eigenvalue weighted by molar-refractivity contribution is 7.13. The van der Waals surface area contributed by atoms with Crippen molar-refractivity contribution < 1.29 is 29.3 Å². The number of thiazole rings is 1. The minimum absolute atomic E-state index is 0.00356. The van der Waals surface area contributed by atoms with Crippen LogP contribution in [0.4, 0.5) is 0 Å². The number of likely N-dealkylation sites (tertiary alicyclic amines) is 2. The van der Waals surface area contributed by atoms with E-state index < -0.39 is 34.5 Å². The van der Waals surface area contributed by atoms with Crippen LogP contribution in [0.25, 0.3) is 0 Å². The monoisotopic (exact) mass is 644 g/mol. The number of aliphatic hydroxyl groups is 2. The maximum absolute atomic E-state index is 14.2. The van der Waals surface area contributed by atoms with Gasteiger partial charge in [0.2, 0.25) is 11.8 Å². The molecule has 250 valence electrons. The Labute approximate surface area is 271 Å². The first-order valence-corrected chi connectivity index (χ1v) is 17.3. The molecule has 2 saturated heterocycles. The first kappa shape index (κ1) is 34.0. The van der Waals surface area contributed by atoms with Crippen molar-refractivity contribution in [1.82, 2.24) is 20.1 Å². The summed E-state index contributed by atoms with van der Waals surface area (Å²) < 4.78 is 6.28. The minimum atomic E-state index is -1.30. The predicted molar refractivity (Wildman–Crippen MR) is 173 cm³/mol. The molecule has 1 aromatic rings. The third-order valence-electron chi connectivity index (χ3n) is 10.9. The highest BCUT2D eigenvalue weighted by Gasteiger charge is 2.61. The Hall–Kier alpha value is -2.34. The number of nitrogens with zero attached hydrogens (tertiary/aromatic N) is 3. The third kappa shape index (κ3) is 6.73. The molecule has 3 unspecified atom stereocenters. The predicted octanol–water partition coefficient (Wildman–Crippen LogP) is 3.48. The van der Waals surface area contributed by atoms with Crippen molar-refractivity contribution in [2.24, 2.45) is 28.1 Å². The zero-order valence-corrected chi connectivity index (χ0v) is 28.8. The van der Waals surface area contributed by atoms with Crippen molar-refractivity contribution in [1.29, 1.82) is 0 Å². The van der Waals surface area contributed by atoms with Crippen LogP contribution in [0, 0.1) is 41.9 Å². The number of hydrogen-bond donors (Lipinski definition) is 3. The summed E-state index contributed by atoms with van der Waals surface area (Å²) in [7, 11) is 0. The molecule has 2 aliphatic carbocycles. The molecule has 5 rings (SSSR count). The molecule has 1 spiro atoms. The van der Waals surface area contributed by atoms with Gasteiger partial charge >= 0.3 is 0 Å². The van der Waals surface area contributed by atoms with Gasteiger partial charge in [0.1, 0.15) is 4.88 Å². The number of carbonyl (C=O) groups excluding carboxylic acids is 3. The van der Waals surface area contributed by atoms with Gasteiger partial charge in [0.15, 0.2) is 0 Å². The lowest BCUT2D eigenvalue weighted by Crippen LogP contribution is -2.67. The summed E-state index contributed by atoms with van der Waals surface area (Å²) in [6.45, 7) is 14.6. The molecule has 10 nitrogen and oxygen atoms in total. The van der Waals surface area contributed by atoms with E-state index in [2.05, 4.69) is 22.5 Å². The smallest absolute Gasteiger partial charge is 0.265 e. The van der Waals surface area contributed by atoms with E-state index in [1.165, 1.54) is 11.3 Å². The number of allylic oxidation sites excluding steroid dienone is 2. The number of carbonyl (C=O) groups is 3. The maximum atomic E-state index is 14.2. The van der Waals surface area contributed by atoms with Crippen molar-refractivity contribution in [2.75, 3.05) is 39.4 Å². The summed E-state index contributed by atoms with van der Waals surface area (Å²) in [4.78, 5) is 50.1. The average Bonchev–Trinajstić information content (AvgIpc) is 3.68. The van der Waals surface area contributed by atoms with Gasteiger partial charge in [-0.2, -0.15) is 0 Å². The van der Waals surface area contributed by atoms with Crippen LogP contribution in [0.15, 0.2) is 12.2 Å². The number of ether oxygens (including phenoxy) is 1. The Kier molecular flexibility index (Phi) is 9.34. The van der Waals surface area contributed by atoms with Gasteiger partial charge in [-0.15, -0.1) is 11.3 Å². The molecule has 11 heteroatoms. The van der Waals surface area contributed by atoms with E-state index in [4.69, 9.17) is 4.74 Å². The topological polar surface area (TPSA) is 132 Å². The highest BCUT2D eigenvalue weighted by atomic mass is 32.1. The molecule has 3 heterocycles. The normalized spacial score (nSPS) is 26.1.